The smallest absolute Gasteiger partial charge is 0.273 e. The average molecular weight is 493 g/mol. The van der Waals surface area contributed by atoms with Gasteiger partial charge in [-0.05, 0) is 24.3 Å². The number of nitro groups is 1. The van der Waals surface area contributed by atoms with Crippen LogP contribution in [0.2, 0.25) is 0 Å². The number of ether oxygens (including phenoxy) is 2. The standard InChI is InChI=1S/C24H24FN7O4/c1-35-21-11-15(27-16-13-31(14-16)10-8-25)5-6-20(21)28-24-29-22-19(7-9-26-22)23(30-24)36-18-4-2-3-17(12-18)32(33)34/h2-7,9,11-12,16,27H,8,10,13-14H2,1H3,(H2,26,28,29,30). The van der Waals surface area contributed by atoms with Gasteiger partial charge in [0.1, 0.15) is 23.8 Å². The van der Waals surface area contributed by atoms with Crippen molar-refractivity contribution in [2.45, 2.75) is 6.04 Å². The molecule has 11 nitrogen and oxygen atoms in total. The number of halogens is 1. The van der Waals surface area contributed by atoms with Gasteiger partial charge in [-0.25, -0.2) is 4.39 Å². The molecule has 1 aliphatic heterocycles. The van der Waals surface area contributed by atoms with Crippen LogP contribution < -0.4 is 20.1 Å². The second-order valence-corrected chi connectivity index (χ2v) is 8.28. The van der Waals surface area contributed by atoms with Gasteiger partial charge in [-0.15, -0.1) is 0 Å². The second kappa shape index (κ2) is 10.0. The van der Waals surface area contributed by atoms with Gasteiger partial charge in [-0.1, -0.05) is 6.07 Å². The maximum Gasteiger partial charge on any atom is 0.273 e. The van der Waals surface area contributed by atoms with Gasteiger partial charge in [-0.2, -0.15) is 9.97 Å². The number of fused-ring (bicyclic) bond motifs is 1. The molecule has 1 aliphatic rings. The van der Waals surface area contributed by atoms with Gasteiger partial charge in [-0.3, -0.25) is 15.0 Å². The van der Waals surface area contributed by atoms with Crippen molar-refractivity contribution in [3.63, 3.8) is 0 Å². The maximum atomic E-state index is 12.5. The zero-order valence-corrected chi connectivity index (χ0v) is 19.4. The molecule has 0 spiro atoms. The minimum absolute atomic E-state index is 0.0827. The van der Waals surface area contributed by atoms with E-state index in [1.807, 2.05) is 23.1 Å². The highest BCUT2D eigenvalue weighted by molar-refractivity contribution is 5.83. The van der Waals surface area contributed by atoms with Crippen molar-refractivity contribution in [1.29, 1.82) is 0 Å². The van der Waals surface area contributed by atoms with Gasteiger partial charge < -0.3 is 25.1 Å². The highest BCUT2D eigenvalue weighted by atomic mass is 19.1. The summed E-state index contributed by atoms with van der Waals surface area (Å²) in [6.07, 6.45) is 1.71. The Morgan fingerprint density at radius 3 is 2.86 bits per heavy atom. The van der Waals surface area contributed by atoms with Gasteiger partial charge in [0.25, 0.3) is 5.69 Å². The summed E-state index contributed by atoms with van der Waals surface area (Å²) in [5.41, 5.74) is 1.98. The quantitative estimate of drug-likeness (QED) is 0.216. The predicted octanol–water partition coefficient (Wildman–Crippen LogP) is 4.48. The molecule has 0 unspecified atom stereocenters. The van der Waals surface area contributed by atoms with E-state index < -0.39 is 4.92 Å². The van der Waals surface area contributed by atoms with E-state index in [1.165, 1.54) is 12.1 Å². The number of alkyl halides is 1. The van der Waals surface area contributed by atoms with Gasteiger partial charge in [0.2, 0.25) is 11.8 Å². The van der Waals surface area contributed by atoms with Crippen LogP contribution in [0.5, 0.6) is 17.4 Å². The topological polar surface area (TPSA) is 130 Å². The molecule has 5 rings (SSSR count). The molecule has 0 bridgehead atoms. The van der Waals surface area contributed by atoms with Crippen LogP contribution in [0.4, 0.5) is 27.4 Å². The Bertz CT molecular complexity index is 1390. The molecule has 0 atom stereocenters. The fourth-order valence-corrected chi connectivity index (χ4v) is 4.02. The highest BCUT2D eigenvalue weighted by Crippen LogP contribution is 2.34. The molecule has 1 fully saturated rings. The lowest BCUT2D eigenvalue weighted by Crippen LogP contribution is -2.55. The molecule has 0 radical (unpaired) electrons. The number of hydrogen-bond acceptors (Lipinski definition) is 9. The largest absolute Gasteiger partial charge is 0.494 e. The van der Waals surface area contributed by atoms with E-state index in [0.717, 1.165) is 18.8 Å². The molecule has 0 amide bonds. The number of anilines is 3. The van der Waals surface area contributed by atoms with Gasteiger partial charge in [0.05, 0.1) is 35.2 Å². The van der Waals surface area contributed by atoms with Crippen LogP contribution in [-0.2, 0) is 0 Å². The first-order valence-corrected chi connectivity index (χ1v) is 11.3. The van der Waals surface area contributed by atoms with Gasteiger partial charge in [0, 0.05) is 43.7 Å². The van der Waals surface area contributed by atoms with Crippen LogP contribution in [0, 0.1) is 10.1 Å². The Kier molecular flexibility index (Phi) is 6.50. The molecule has 1 saturated heterocycles. The zero-order valence-electron chi connectivity index (χ0n) is 19.4. The SMILES string of the molecule is COc1cc(NC2CN(CCF)C2)ccc1Nc1nc(Oc2cccc([N+](=O)[O-])c2)c2cc[nH]c2n1. The molecule has 36 heavy (non-hydrogen) atoms. The fourth-order valence-electron chi connectivity index (χ4n) is 4.02. The van der Waals surface area contributed by atoms with Gasteiger partial charge >= 0.3 is 0 Å². The Labute approximate surface area is 205 Å². The lowest BCUT2D eigenvalue weighted by Gasteiger charge is -2.39. The summed E-state index contributed by atoms with van der Waals surface area (Å²) in [6, 6.07) is 13.5. The van der Waals surface area contributed by atoms with Crippen molar-refractivity contribution in [3.8, 4) is 17.4 Å². The Hall–Kier alpha value is -4.45. The summed E-state index contributed by atoms with van der Waals surface area (Å²) in [5.74, 6) is 1.36. The summed E-state index contributed by atoms with van der Waals surface area (Å²) in [5, 5.41) is 18.3. The van der Waals surface area contributed by atoms with Gasteiger partial charge in [0.15, 0.2) is 0 Å². The Morgan fingerprint density at radius 1 is 1.22 bits per heavy atom. The van der Waals surface area contributed by atoms with Crippen LogP contribution in [0.25, 0.3) is 11.0 Å². The highest BCUT2D eigenvalue weighted by Gasteiger charge is 2.26. The van der Waals surface area contributed by atoms with E-state index >= 15 is 0 Å². The monoisotopic (exact) mass is 493 g/mol. The molecule has 186 valence electrons. The zero-order chi connectivity index (χ0) is 25.1. The van der Waals surface area contributed by atoms with Crippen LogP contribution in [0.1, 0.15) is 0 Å². The normalized spacial score (nSPS) is 13.8. The first kappa shape index (κ1) is 23.3. The lowest BCUT2D eigenvalue weighted by molar-refractivity contribution is -0.384. The number of nitro benzene ring substituents is 1. The molecule has 2 aromatic carbocycles. The third-order valence-corrected chi connectivity index (χ3v) is 5.80. The van der Waals surface area contributed by atoms with Crippen LogP contribution in [0.3, 0.4) is 0 Å². The number of likely N-dealkylation sites (tertiary alicyclic amines) is 1. The summed E-state index contributed by atoms with van der Waals surface area (Å²) in [7, 11) is 1.57. The van der Waals surface area contributed by atoms with Crippen molar-refractivity contribution < 1.29 is 18.8 Å². The number of H-pyrrole nitrogens is 1. The Balaban J connectivity index is 1.36. The van der Waals surface area contributed by atoms with E-state index in [2.05, 4.69) is 25.6 Å². The summed E-state index contributed by atoms with van der Waals surface area (Å²) < 4.78 is 23.9. The van der Waals surface area contributed by atoms with Crippen molar-refractivity contribution in [2.75, 3.05) is 44.1 Å². The minimum atomic E-state index is -0.485. The van der Waals surface area contributed by atoms with Crippen molar-refractivity contribution in [1.82, 2.24) is 19.9 Å². The molecule has 4 aromatic rings. The lowest BCUT2D eigenvalue weighted by atomic mass is 10.1. The number of rotatable bonds is 10. The fraction of sp³-hybridized carbons (Fsp3) is 0.250. The maximum absolute atomic E-state index is 12.5. The van der Waals surface area contributed by atoms with Crippen LogP contribution >= 0.6 is 0 Å². The summed E-state index contributed by atoms with van der Waals surface area (Å²) in [6.45, 7) is 1.71. The van der Waals surface area contributed by atoms with E-state index in [1.54, 1.807) is 31.5 Å². The molecular formula is C24H24FN7O4. The number of nitrogens with zero attached hydrogens (tertiary/aromatic N) is 4. The van der Waals surface area contributed by atoms with Crippen molar-refractivity contribution >= 4 is 34.0 Å². The predicted molar refractivity (Wildman–Crippen MR) is 133 cm³/mol. The Morgan fingerprint density at radius 2 is 2.08 bits per heavy atom. The molecule has 0 saturated carbocycles. The molecule has 0 aliphatic carbocycles. The molecule has 12 heteroatoms. The van der Waals surface area contributed by atoms with Crippen LogP contribution in [-0.4, -0.2) is 64.2 Å². The number of methoxy groups -OCH3 is 1. The molecule has 3 N–H and O–H groups in total. The third kappa shape index (κ3) is 4.98. The molecule has 3 heterocycles. The van der Waals surface area contributed by atoms with E-state index in [9.17, 15) is 14.5 Å². The van der Waals surface area contributed by atoms with Crippen molar-refractivity contribution in [2.24, 2.45) is 0 Å². The minimum Gasteiger partial charge on any atom is -0.494 e. The molecular weight excluding hydrogens is 469 g/mol. The number of hydrogen-bond donors (Lipinski definition) is 3. The van der Waals surface area contributed by atoms with E-state index in [0.29, 0.717) is 29.0 Å². The van der Waals surface area contributed by atoms with Crippen molar-refractivity contribution in [3.05, 3.63) is 64.8 Å². The number of benzene rings is 2. The van der Waals surface area contributed by atoms with E-state index in [-0.39, 0.29) is 36.0 Å². The number of non-ortho nitro benzene ring substituents is 1. The molecule has 2 aromatic heterocycles. The summed E-state index contributed by atoms with van der Waals surface area (Å²) in [4.78, 5) is 24.7. The average Bonchev–Trinajstić information content (AvgIpc) is 3.33. The summed E-state index contributed by atoms with van der Waals surface area (Å²) >= 11 is 0. The first-order valence-electron chi connectivity index (χ1n) is 11.3. The van der Waals surface area contributed by atoms with Crippen LogP contribution in [0.15, 0.2) is 54.7 Å². The number of nitrogens with one attached hydrogen (secondary N) is 3. The second-order valence-electron chi connectivity index (χ2n) is 8.28. The number of aromatic amines is 1. The first-order chi connectivity index (χ1) is 17.5. The number of aromatic nitrogens is 3. The third-order valence-electron chi connectivity index (χ3n) is 5.80. The van der Waals surface area contributed by atoms with E-state index in [4.69, 9.17) is 9.47 Å².